The first-order chi connectivity index (χ1) is 16.0. The first kappa shape index (κ1) is 21.6. The predicted octanol–water partition coefficient (Wildman–Crippen LogP) is 4.91. The molecular weight excluding hydrogens is 464 g/mol. The van der Waals surface area contributed by atoms with Crippen molar-refractivity contribution in [1.29, 1.82) is 0 Å². The lowest BCUT2D eigenvalue weighted by molar-refractivity contribution is 0.0702. The van der Waals surface area contributed by atoms with Crippen molar-refractivity contribution in [3.8, 4) is 17.2 Å². The minimum Gasteiger partial charge on any atom is -0.489 e. The van der Waals surface area contributed by atoms with Gasteiger partial charge < -0.3 is 29.6 Å². The van der Waals surface area contributed by atoms with Gasteiger partial charge in [-0.2, -0.15) is 0 Å². The number of benzene rings is 2. The number of rotatable bonds is 8. The van der Waals surface area contributed by atoms with Gasteiger partial charge in [-0.05, 0) is 54.9 Å². The molecule has 0 aliphatic carbocycles. The maximum atomic E-state index is 11.2. The van der Waals surface area contributed by atoms with Gasteiger partial charge in [0.25, 0.3) is 0 Å². The minimum absolute atomic E-state index is 0.191. The number of nitrogens with two attached hydrogens (primary N) is 1. The van der Waals surface area contributed by atoms with Crippen LogP contribution >= 0.6 is 22.9 Å². The van der Waals surface area contributed by atoms with Gasteiger partial charge in [0.15, 0.2) is 11.5 Å². The van der Waals surface area contributed by atoms with E-state index in [0.717, 1.165) is 39.1 Å². The smallest absolute Gasteiger partial charge is 0.345 e. The number of carboxylic acid groups (broad SMARTS) is 1. The fourth-order valence-electron chi connectivity index (χ4n) is 3.90. The first-order valence-corrected chi connectivity index (χ1v) is 11.6. The molecule has 2 aromatic heterocycles. The molecule has 0 spiro atoms. The van der Waals surface area contributed by atoms with E-state index in [4.69, 9.17) is 31.5 Å². The summed E-state index contributed by atoms with van der Waals surface area (Å²) in [6.07, 6.45) is 2.81. The topological polar surface area (TPSA) is 95.9 Å². The molecule has 0 atom stereocenters. The second kappa shape index (κ2) is 8.97. The molecule has 0 saturated heterocycles. The van der Waals surface area contributed by atoms with Crippen LogP contribution in [0.4, 0.5) is 0 Å². The van der Waals surface area contributed by atoms with Crippen molar-refractivity contribution in [3.63, 3.8) is 0 Å². The van der Waals surface area contributed by atoms with Crippen LogP contribution in [-0.4, -0.2) is 29.0 Å². The van der Waals surface area contributed by atoms with Crippen molar-refractivity contribution in [1.82, 2.24) is 4.57 Å². The number of carbonyl (C=O) groups is 1. The van der Waals surface area contributed by atoms with Crippen molar-refractivity contribution in [3.05, 3.63) is 74.6 Å². The lowest BCUT2D eigenvalue weighted by Crippen LogP contribution is -2.02. The van der Waals surface area contributed by atoms with Crippen LogP contribution in [0, 0.1) is 0 Å². The number of halogens is 1. The molecule has 0 fully saturated rings. The first-order valence-electron chi connectivity index (χ1n) is 10.4. The van der Waals surface area contributed by atoms with Crippen molar-refractivity contribution < 1.29 is 24.1 Å². The van der Waals surface area contributed by atoms with Gasteiger partial charge in [0.05, 0.1) is 11.6 Å². The van der Waals surface area contributed by atoms with E-state index in [-0.39, 0.29) is 6.79 Å². The van der Waals surface area contributed by atoms with Crippen LogP contribution in [0.15, 0.2) is 48.7 Å². The van der Waals surface area contributed by atoms with Gasteiger partial charge in [-0.3, -0.25) is 0 Å². The SMILES string of the molecule is NCCc1cn(Cc2ccc(C(=O)O)s2)c2ccc(OCc3cc4c(cc3Cl)OCO4)cc12. The summed E-state index contributed by atoms with van der Waals surface area (Å²) < 4.78 is 18.9. The van der Waals surface area contributed by atoms with Gasteiger partial charge in [-0.1, -0.05) is 11.6 Å². The van der Waals surface area contributed by atoms with Crippen molar-refractivity contribution >= 4 is 39.8 Å². The van der Waals surface area contributed by atoms with Gasteiger partial charge in [-0.15, -0.1) is 11.3 Å². The third kappa shape index (κ3) is 4.37. The zero-order chi connectivity index (χ0) is 22.9. The Hall–Kier alpha value is -3.20. The summed E-state index contributed by atoms with van der Waals surface area (Å²) in [4.78, 5) is 12.5. The highest BCUT2D eigenvalue weighted by molar-refractivity contribution is 7.13. The van der Waals surface area contributed by atoms with E-state index >= 15 is 0 Å². The van der Waals surface area contributed by atoms with Gasteiger partial charge in [0.1, 0.15) is 17.2 Å². The number of aromatic nitrogens is 1. The maximum absolute atomic E-state index is 11.2. The van der Waals surface area contributed by atoms with Crippen molar-refractivity contribution in [2.24, 2.45) is 5.73 Å². The summed E-state index contributed by atoms with van der Waals surface area (Å²) >= 11 is 7.65. The quantitative estimate of drug-likeness (QED) is 0.369. The number of fused-ring (bicyclic) bond motifs is 2. The molecule has 0 radical (unpaired) electrons. The van der Waals surface area contributed by atoms with Crippen LogP contribution in [0.25, 0.3) is 10.9 Å². The molecule has 0 saturated carbocycles. The summed E-state index contributed by atoms with van der Waals surface area (Å²) in [5, 5.41) is 10.8. The highest BCUT2D eigenvalue weighted by atomic mass is 35.5. The summed E-state index contributed by atoms with van der Waals surface area (Å²) in [5.74, 6) is 1.11. The Bertz CT molecular complexity index is 1350. The zero-order valence-corrected chi connectivity index (χ0v) is 19.1. The molecule has 1 aliphatic heterocycles. The lowest BCUT2D eigenvalue weighted by Gasteiger charge is -2.10. The molecule has 4 aromatic rings. The average Bonchev–Trinajstić information content (AvgIpc) is 3.52. The molecule has 3 N–H and O–H groups in total. The van der Waals surface area contributed by atoms with Crippen LogP contribution in [0.3, 0.4) is 0 Å². The second-order valence-electron chi connectivity index (χ2n) is 7.66. The molecule has 3 heterocycles. The highest BCUT2D eigenvalue weighted by Crippen LogP contribution is 2.37. The van der Waals surface area contributed by atoms with Crippen molar-refractivity contribution in [2.45, 2.75) is 19.6 Å². The maximum Gasteiger partial charge on any atom is 0.345 e. The minimum atomic E-state index is -0.906. The van der Waals surface area contributed by atoms with Crippen molar-refractivity contribution in [2.75, 3.05) is 13.3 Å². The van der Waals surface area contributed by atoms with Gasteiger partial charge in [0, 0.05) is 33.6 Å². The van der Waals surface area contributed by atoms with Crippen LogP contribution in [0.2, 0.25) is 5.02 Å². The van der Waals surface area contributed by atoms with E-state index in [1.807, 2.05) is 30.3 Å². The number of aromatic carboxylic acids is 1. The number of hydrogen-bond donors (Lipinski definition) is 2. The van der Waals surface area contributed by atoms with Crippen LogP contribution < -0.4 is 19.9 Å². The van der Waals surface area contributed by atoms with E-state index in [1.54, 1.807) is 12.1 Å². The molecule has 9 heteroatoms. The largest absolute Gasteiger partial charge is 0.489 e. The van der Waals surface area contributed by atoms with Crippen LogP contribution in [-0.2, 0) is 19.6 Å². The van der Waals surface area contributed by atoms with E-state index in [9.17, 15) is 9.90 Å². The zero-order valence-electron chi connectivity index (χ0n) is 17.5. The third-order valence-electron chi connectivity index (χ3n) is 5.48. The molecular formula is C24H21ClN2O5S. The molecule has 170 valence electrons. The van der Waals surface area contributed by atoms with E-state index < -0.39 is 5.97 Å². The Balaban J connectivity index is 1.40. The summed E-state index contributed by atoms with van der Waals surface area (Å²) in [7, 11) is 0. The summed E-state index contributed by atoms with van der Waals surface area (Å²) in [6, 6.07) is 13.0. The standard InChI is InChI=1S/C24H21ClN2O5S/c25-19-9-22-21(31-13-32-22)7-15(19)12-30-16-1-3-20-18(8-16)14(5-6-26)10-27(20)11-17-2-4-23(33-17)24(28)29/h1-4,7-10H,5-6,11-13,26H2,(H,28,29). The van der Waals surface area contributed by atoms with E-state index in [1.165, 1.54) is 11.3 Å². The Kier molecular flexibility index (Phi) is 5.88. The molecule has 33 heavy (non-hydrogen) atoms. The Morgan fingerprint density at radius 3 is 2.73 bits per heavy atom. The summed E-state index contributed by atoms with van der Waals surface area (Å²) in [6.45, 7) is 1.60. The number of nitrogens with zero attached hydrogens (tertiary/aromatic N) is 1. The number of ether oxygens (including phenoxy) is 3. The van der Waals surface area contributed by atoms with Gasteiger partial charge in [0.2, 0.25) is 6.79 Å². The molecule has 0 amide bonds. The fourth-order valence-corrected chi connectivity index (χ4v) is 4.96. The Labute approximate surface area is 198 Å². The second-order valence-corrected chi connectivity index (χ2v) is 9.23. The fraction of sp³-hybridized carbons (Fsp3) is 0.208. The van der Waals surface area contributed by atoms with Gasteiger partial charge in [-0.25, -0.2) is 4.79 Å². The van der Waals surface area contributed by atoms with Crippen LogP contribution in [0.5, 0.6) is 17.2 Å². The van der Waals surface area contributed by atoms with Gasteiger partial charge >= 0.3 is 5.97 Å². The number of thiophene rings is 1. The normalized spacial score (nSPS) is 12.4. The number of carboxylic acids is 1. The molecule has 0 unspecified atom stereocenters. The molecule has 2 aromatic carbocycles. The Morgan fingerprint density at radius 2 is 1.97 bits per heavy atom. The van der Waals surface area contributed by atoms with E-state index in [0.29, 0.717) is 41.1 Å². The van der Waals surface area contributed by atoms with Crippen LogP contribution in [0.1, 0.15) is 25.7 Å². The Morgan fingerprint density at radius 1 is 1.15 bits per heavy atom. The number of hydrogen-bond acceptors (Lipinski definition) is 6. The highest BCUT2D eigenvalue weighted by Gasteiger charge is 2.17. The molecule has 0 bridgehead atoms. The summed E-state index contributed by atoms with van der Waals surface area (Å²) in [5.41, 5.74) is 8.81. The monoisotopic (exact) mass is 484 g/mol. The van der Waals surface area contributed by atoms with E-state index in [2.05, 4.69) is 10.8 Å². The predicted molar refractivity (Wildman–Crippen MR) is 127 cm³/mol. The molecule has 7 nitrogen and oxygen atoms in total. The molecule has 5 rings (SSSR count). The third-order valence-corrected chi connectivity index (χ3v) is 6.89. The average molecular weight is 485 g/mol. The molecule has 1 aliphatic rings. The lowest BCUT2D eigenvalue weighted by atomic mass is 10.1.